The van der Waals surface area contributed by atoms with E-state index in [-0.39, 0.29) is 18.4 Å². The topological polar surface area (TPSA) is 140 Å². The van der Waals surface area contributed by atoms with Crippen LogP contribution >= 0.6 is 0 Å². The molecule has 0 bridgehead atoms. The summed E-state index contributed by atoms with van der Waals surface area (Å²) in [6, 6.07) is -0.560. The summed E-state index contributed by atoms with van der Waals surface area (Å²) in [5.41, 5.74) is 0. The molecule has 0 aromatic rings. The lowest BCUT2D eigenvalue weighted by Crippen LogP contribution is -2.47. The van der Waals surface area contributed by atoms with Crippen LogP contribution in [0, 0.1) is 0 Å². The van der Waals surface area contributed by atoms with Crippen LogP contribution < -0.4 is 10.6 Å². The Labute approximate surface area is 193 Å². The van der Waals surface area contributed by atoms with Gasteiger partial charge in [-0.3, -0.25) is 19.2 Å². The quantitative estimate of drug-likeness (QED) is 0.373. The number of carbonyl (C=O) groups excluding carboxylic acids is 5. The van der Waals surface area contributed by atoms with Gasteiger partial charge in [-0.05, 0) is 25.7 Å². The average Bonchev–Trinajstić information content (AvgIpc) is 3.12. The molecule has 0 aromatic carbocycles. The number of amides is 5. The zero-order valence-electron chi connectivity index (χ0n) is 18.8. The average molecular weight is 495 g/mol. The number of hydrogen-bond acceptors (Lipinski definition) is 8. The van der Waals surface area contributed by atoms with Gasteiger partial charge >= 0.3 is 18.2 Å². The number of nitrogens with one attached hydrogen (secondary N) is 2. The molecule has 11 nitrogen and oxygen atoms in total. The van der Waals surface area contributed by atoms with Crippen LogP contribution in [0.15, 0.2) is 12.2 Å². The van der Waals surface area contributed by atoms with Crippen LogP contribution in [0.2, 0.25) is 0 Å². The summed E-state index contributed by atoms with van der Waals surface area (Å²) in [5.74, 6) is -3.38. The van der Waals surface area contributed by atoms with Gasteiger partial charge in [0.2, 0.25) is 5.91 Å². The third kappa shape index (κ3) is 10.3. The number of imide groups is 3. The number of nitrogens with zero attached hydrogens (tertiary/aromatic N) is 1. The number of rotatable bonds is 8. The van der Waals surface area contributed by atoms with Gasteiger partial charge in [0.1, 0.15) is 0 Å². The van der Waals surface area contributed by atoms with Gasteiger partial charge in [-0.1, -0.05) is 0 Å². The lowest BCUT2D eigenvalue weighted by Gasteiger charge is -2.29. The van der Waals surface area contributed by atoms with Gasteiger partial charge in [0.05, 0.1) is 26.9 Å². The van der Waals surface area contributed by atoms with E-state index in [1.165, 1.54) is 0 Å². The number of ether oxygens (including phenoxy) is 3. The zero-order chi connectivity index (χ0) is 25.7. The highest BCUT2D eigenvalue weighted by atomic mass is 19.4. The fourth-order valence-electron chi connectivity index (χ4n) is 3.03. The third-order valence-corrected chi connectivity index (χ3v) is 4.76. The Hall–Kier alpha value is -3.00. The summed E-state index contributed by atoms with van der Waals surface area (Å²) in [6.07, 6.45) is -1.64. The van der Waals surface area contributed by atoms with Crippen molar-refractivity contribution in [3.05, 3.63) is 12.2 Å². The Morgan fingerprint density at radius 3 is 1.94 bits per heavy atom. The van der Waals surface area contributed by atoms with Crippen molar-refractivity contribution in [3.8, 4) is 0 Å². The molecule has 2 N–H and O–H groups in total. The molecule has 2 rings (SSSR count). The van der Waals surface area contributed by atoms with Gasteiger partial charge in [0.15, 0.2) is 0 Å². The predicted octanol–water partition coefficient (Wildman–Crippen LogP) is 0.823. The van der Waals surface area contributed by atoms with Crippen molar-refractivity contribution in [2.24, 2.45) is 0 Å². The Morgan fingerprint density at radius 1 is 0.941 bits per heavy atom. The van der Waals surface area contributed by atoms with Gasteiger partial charge in [0, 0.05) is 37.8 Å². The maximum absolute atomic E-state index is 12.2. The molecule has 1 fully saturated rings. The molecule has 0 radical (unpaired) electrons. The van der Waals surface area contributed by atoms with E-state index in [9.17, 15) is 37.1 Å². The van der Waals surface area contributed by atoms with Crippen molar-refractivity contribution in [2.45, 2.75) is 50.4 Å². The minimum atomic E-state index is -4.85. The number of carbonyl (C=O) groups is 5. The van der Waals surface area contributed by atoms with Crippen LogP contribution in [0.5, 0.6) is 0 Å². The van der Waals surface area contributed by atoms with E-state index in [2.05, 4.69) is 10.1 Å². The van der Waals surface area contributed by atoms with Crippen molar-refractivity contribution >= 4 is 29.7 Å². The second-order valence-electron chi connectivity index (χ2n) is 7.26. The fourth-order valence-corrected chi connectivity index (χ4v) is 3.03. The van der Waals surface area contributed by atoms with E-state index in [0.29, 0.717) is 50.4 Å². The van der Waals surface area contributed by atoms with Crippen LogP contribution in [0.4, 0.5) is 18.0 Å². The molecule has 0 saturated heterocycles. The molecule has 0 spiro atoms. The third-order valence-electron chi connectivity index (χ3n) is 4.76. The molecule has 1 aliphatic heterocycles. The summed E-state index contributed by atoms with van der Waals surface area (Å²) in [5, 5.41) is 4.81. The summed E-state index contributed by atoms with van der Waals surface area (Å²) in [7, 11) is 2.66. The van der Waals surface area contributed by atoms with Crippen molar-refractivity contribution in [1.29, 1.82) is 0 Å². The molecule has 2 aliphatic rings. The molecular weight excluding hydrogens is 467 g/mol. The maximum atomic E-state index is 12.2. The summed E-state index contributed by atoms with van der Waals surface area (Å²) < 4.78 is 50.7. The van der Waals surface area contributed by atoms with E-state index in [0.717, 1.165) is 19.3 Å². The van der Waals surface area contributed by atoms with E-state index in [1.807, 2.05) is 5.32 Å². The smallest absolute Gasteiger partial charge is 0.452 e. The molecule has 14 heteroatoms. The van der Waals surface area contributed by atoms with E-state index < -0.39 is 36.0 Å². The molecule has 1 heterocycles. The second kappa shape index (κ2) is 14.3. The molecular formula is C20H28F3N3O8. The predicted molar refractivity (Wildman–Crippen MR) is 109 cm³/mol. The molecule has 5 amide bonds. The molecule has 1 aliphatic carbocycles. The van der Waals surface area contributed by atoms with Crippen molar-refractivity contribution in [3.63, 3.8) is 0 Å². The Kier molecular flexibility index (Phi) is 12.2. The Bertz CT molecular complexity index is 747. The first-order chi connectivity index (χ1) is 16.0. The molecule has 34 heavy (non-hydrogen) atoms. The first kappa shape index (κ1) is 29.0. The first-order valence-corrected chi connectivity index (χ1v) is 10.4. The van der Waals surface area contributed by atoms with Crippen LogP contribution in [-0.4, -0.2) is 86.9 Å². The highest BCUT2D eigenvalue weighted by molar-refractivity contribution is 6.21. The molecule has 0 atom stereocenters. The van der Waals surface area contributed by atoms with Crippen LogP contribution in [0.1, 0.15) is 32.1 Å². The summed E-state index contributed by atoms with van der Waals surface area (Å²) in [4.78, 5) is 55.0. The number of alkyl halides is 3. The second-order valence-corrected chi connectivity index (χ2v) is 7.26. The molecule has 0 unspecified atom stereocenters. The maximum Gasteiger partial charge on any atom is 0.471 e. The molecule has 0 aromatic heterocycles. The minimum Gasteiger partial charge on any atom is -0.452 e. The zero-order valence-corrected chi connectivity index (χ0v) is 18.8. The molecule has 192 valence electrons. The van der Waals surface area contributed by atoms with Crippen LogP contribution in [-0.2, 0) is 33.4 Å². The van der Waals surface area contributed by atoms with Crippen LogP contribution in [0.3, 0.4) is 0 Å². The van der Waals surface area contributed by atoms with Crippen molar-refractivity contribution in [2.75, 3.05) is 34.0 Å². The van der Waals surface area contributed by atoms with Gasteiger partial charge < -0.3 is 24.8 Å². The highest BCUT2D eigenvalue weighted by Crippen LogP contribution is 2.21. The highest BCUT2D eigenvalue weighted by Gasteiger charge is 2.40. The molecule has 1 saturated carbocycles. The Morgan fingerprint density at radius 2 is 1.47 bits per heavy atom. The SMILES string of the molecule is COC(=O)N1C(=O)C=CC1=O.COCCOCCC(=O)NC1CCC(NC(=O)C(F)(F)F)CC1. The summed E-state index contributed by atoms with van der Waals surface area (Å²) in [6.45, 7) is 1.19. The number of halogens is 3. The first-order valence-electron chi connectivity index (χ1n) is 10.4. The van der Waals surface area contributed by atoms with Gasteiger partial charge in [-0.25, -0.2) is 4.79 Å². The van der Waals surface area contributed by atoms with Gasteiger partial charge in [-0.2, -0.15) is 18.1 Å². The lowest BCUT2D eigenvalue weighted by atomic mass is 9.91. The summed E-state index contributed by atoms with van der Waals surface area (Å²) >= 11 is 0. The van der Waals surface area contributed by atoms with Crippen molar-refractivity contribution in [1.82, 2.24) is 15.5 Å². The normalized spacial score (nSPS) is 19.9. The van der Waals surface area contributed by atoms with E-state index in [1.54, 1.807) is 7.11 Å². The Balaban J connectivity index is 0.000000437. The fraction of sp³-hybridized carbons (Fsp3) is 0.650. The van der Waals surface area contributed by atoms with E-state index in [4.69, 9.17) is 9.47 Å². The van der Waals surface area contributed by atoms with Gasteiger partial charge in [0.25, 0.3) is 11.8 Å². The van der Waals surface area contributed by atoms with Gasteiger partial charge in [-0.15, -0.1) is 0 Å². The minimum absolute atomic E-state index is 0.0690. The lowest BCUT2D eigenvalue weighted by molar-refractivity contribution is -0.174. The number of hydrogen-bond donors (Lipinski definition) is 2. The monoisotopic (exact) mass is 495 g/mol. The largest absolute Gasteiger partial charge is 0.471 e. The van der Waals surface area contributed by atoms with E-state index >= 15 is 0 Å². The van der Waals surface area contributed by atoms with Crippen molar-refractivity contribution < 1.29 is 51.4 Å². The standard InChI is InChI=1S/C14H23F3N2O4.C6H5NO4/c1-22-8-9-23-7-6-12(20)18-10-2-4-11(5-3-10)19-13(21)14(15,16)17;1-11-6(10)7-4(8)2-3-5(7)9/h10-11H,2-9H2,1H3,(H,18,20)(H,19,21);2-3H,1H3. The van der Waals surface area contributed by atoms with Crippen LogP contribution in [0.25, 0.3) is 0 Å². The number of methoxy groups -OCH3 is 2.